The van der Waals surface area contributed by atoms with Crippen molar-refractivity contribution in [2.75, 3.05) is 18.4 Å². The highest BCUT2D eigenvalue weighted by atomic mass is 16.2. The van der Waals surface area contributed by atoms with Crippen molar-refractivity contribution in [1.29, 1.82) is 10.5 Å². The monoisotopic (exact) mass is 268 g/mol. The van der Waals surface area contributed by atoms with E-state index in [2.05, 4.69) is 17.5 Å². The van der Waals surface area contributed by atoms with E-state index >= 15 is 0 Å². The molecule has 1 aliphatic carbocycles. The average molecular weight is 268 g/mol. The van der Waals surface area contributed by atoms with Crippen molar-refractivity contribution < 1.29 is 4.79 Å². The second-order valence-electron chi connectivity index (χ2n) is 4.82. The molecule has 0 atom stereocenters. The first-order valence-corrected chi connectivity index (χ1v) is 6.64. The first-order chi connectivity index (χ1) is 9.74. The molecule has 0 heterocycles. The molecule has 0 aromatic heterocycles. The normalized spacial score (nSPS) is 13.6. The van der Waals surface area contributed by atoms with E-state index in [1.165, 1.54) is 0 Å². The molecule has 20 heavy (non-hydrogen) atoms. The van der Waals surface area contributed by atoms with E-state index < -0.39 is 0 Å². The fourth-order valence-electron chi connectivity index (χ4n) is 2.09. The van der Waals surface area contributed by atoms with E-state index in [1.54, 1.807) is 24.3 Å². The Bertz CT molecular complexity index is 566. The first-order valence-electron chi connectivity index (χ1n) is 6.64. The van der Waals surface area contributed by atoms with Gasteiger partial charge in [0.05, 0.1) is 23.9 Å². The van der Waals surface area contributed by atoms with Crippen LogP contribution in [0.1, 0.15) is 24.8 Å². The van der Waals surface area contributed by atoms with E-state index in [4.69, 9.17) is 10.5 Å². The molecule has 0 radical (unpaired) electrons. The SMILES string of the molecule is N#CCCN(CC(=O)Nc1ccccc1C#N)C1CC1. The van der Waals surface area contributed by atoms with Crippen molar-refractivity contribution in [3.05, 3.63) is 29.8 Å². The van der Waals surface area contributed by atoms with Gasteiger partial charge in [-0.2, -0.15) is 10.5 Å². The van der Waals surface area contributed by atoms with Crippen LogP contribution in [0.25, 0.3) is 0 Å². The molecule has 1 aromatic carbocycles. The molecule has 1 saturated carbocycles. The third-order valence-electron chi connectivity index (χ3n) is 3.24. The quantitative estimate of drug-likeness (QED) is 0.854. The molecule has 1 aromatic rings. The van der Waals surface area contributed by atoms with Gasteiger partial charge in [0.2, 0.25) is 5.91 Å². The predicted octanol–water partition coefficient (Wildman–Crippen LogP) is 1.87. The van der Waals surface area contributed by atoms with Crippen LogP contribution in [-0.4, -0.2) is 29.9 Å². The van der Waals surface area contributed by atoms with Gasteiger partial charge in [-0.05, 0) is 25.0 Å². The molecule has 1 aliphatic rings. The summed E-state index contributed by atoms with van der Waals surface area (Å²) in [5, 5.41) is 20.4. The third-order valence-corrected chi connectivity index (χ3v) is 3.24. The summed E-state index contributed by atoms with van der Waals surface area (Å²) in [7, 11) is 0. The molecule has 0 aliphatic heterocycles. The highest BCUT2D eigenvalue weighted by Gasteiger charge is 2.29. The van der Waals surface area contributed by atoms with Crippen molar-refractivity contribution >= 4 is 11.6 Å². The number of hydrogen-bond acceptors (Lipinski definition) is 4. The summed E-state index contributed by atoms with van der Waals surface area (Å²) in [6.07, 6.45) is 2.61. The molecule has 102 valence electrons. The summed E-state index contributed by atoms with van der Waals surface area (Å²) in [5.41, 5.74) is 0.992. The summed E-state index contributed by atoms with van der Waals surface area (Å²) in [6, 6.07) is 11.5. The fraction of sp³-hybridized carbons (Fsp3) is 0.400. The zero-order chi connectivity index (χ0) is 14.4. The highest BCUT2D eigenvalue weighted by Crippen LogP contribution is 2.26. The Labute approximate surface area is 118 Å². The van der Waals surface area contributed by atoms with Crippen LogP contribution in [0.5, 0.6) is 0 Å². The molecule has 0 unspecified atom stereocenters. The molecule has 2 rings (SSSR count). The van der Waals surface area contributed by atoms with Crippen molar-refractivity contribution in [1.82, 2.24) is 4.90 Å². The second kappa shape index (κ2) is 6.70. The standard InChI is InChI=1S/C15H16N4O/c16-8-3-9-19(13-6-7-13)11-15(20)18-14-5-2-1-4-12(14)10-17/h1-2,4-5,13H,3,6-7,9,11H2,(H,18,20). The number of nitrogens with zero attached hydrogens (tertiary/aromatic N) is 3. The Balaban J connectivity index is 1.94. The van der Waals surface area contributed by atoms with Gasteiger partial charge in [-0.25, -0.2) is 0 Å². The van der Waals surface area contributed by atoms with Gasteiger partial charge in [-0.1, -0.05) is 12.1 Å². The number of anilines is 1. The van der Waals surface area contributed by atoms with E-state index in [9.17, 15) is 4.79 Å². The van der Waals surface area contributed by atoms with E-state index in [0.717, 1.165) is 12.8 Å². The molecule has 1 amide bonds. The van der Waals surface area contributed by atoms with Gasteiger partial charge in [-0.15, -0.1) is 0 Å². The van der Waals surface area contributed by atoms with E-state index in [-0.39, 0.29) is 12.5 Å². The van der Waals surface area contributed by atoms with Crippen LogP contribution < -0.4 is 5.32 Å². The molecule has 0 saturated heterocycles. The molecular weight excluding hydrogens is 252 g/mol. The highest BCUT2D eigenvalue weighted by molar-refractivity contribution is 5.93. The van der Waals surface area contributed by atoms with Crippen LogP contribution in [-0.2, 0) is 4.79 Å². The lowest BCUT2D eigenvalue weighted by atomic mass is 10.2. The number of hydrogen-bond donors (Lipinski definition) is 1. The molecule has 1 fully saturated rings. The minimum atomic E-state index is -0.141. The number of amides is 1. The maximum atomic E-state index is 12.0. The maximum absolute atomic E-state index is 12.0. The average Bonchev–Trinajstić information content (AvgIpc) is 3.28. The zero-order valence-corrected chi connectivity index (χ0v) is 11.2. The Kier molecular flexibility index (Phi) is 4.70. The second-order valence-corrected chi connectivity index (χ2v) is 4.82. The lowest BCUT2D eigenvalue weighted by Gasteiger charge is -2.20. The molecule has 0 spiro atoms. The number of para-hydroxylation sites is 1. The molecule has 1 N–H and O–H groups in total. The first kappa shape index (κ1) is 14.0. The van der Waals surface area contributed by atoms with Gasteiger partial charge in [0.1, 0.15) is 6.07 Å². The zero-order valence-electron chi connectivity index (χ0n) is 11.2. The van der Waals surface area contributed by atoms with E-state index in [1.807, 2.05) is 4.90 Å². The minimum absolute atomic E-state index is 0.141. The molecule has 5 nitrogen and oxygen atoms in total. The smallest absolute Gasteiger partial charge is 0.238 e. The summed E-state index contributed by atoms with van der Waals surface area (Å²) in [6.45, 7) is 0.889. The minimum Gasteiger partial charge on any atom is -0.324 e. The van der Waals surface area contributed by atoms with Crippen LogP contribution in [0.2, 0.25) is 0 Å². The Hall–Kier alpha value is -2.37. The summed E-state index contributed by atoms with van der Waals surface area (Å²) in [5.74, 6) is -0.141. The third kappa shape index (κ3) is 3.81. The van der Waals surface area contributed by atoms with Crippen LogP contribution in [0, 0.1) is 22.7 Å². The van der Waals surface area contributed by atoms with Gasteiger partial charge >= 0.3 is 0 Å². The number of rotatable bonds is 6. The van der Waals surface area contributed by atoms with Crippen molar-refractivity contribution in [3.8, 4) is 12.1 Å². The Morgan fingerprint density at radius 1 is 1.35 bits per heavy atom. The van der Waals surface area contributed by atoms with Crippen LogP contribution in [0.3, 0.4) is 0 Å². The summed E-state index contributed by atoms with van der Waals surface area (Å²) >= 11 is 0. The van der Waals surface area contributed by atoms with Crippen LogP contribution in [0.4, 0.5) is 5.69 Å². The summed E-state index contributed by atoms with van der Waals surface area (Å²) < 4.78 is 0. The van der Waals surface area contributed by atoms with Gasteiger partial charge < -0.3 is 5.32 Å². The van der Waals surface area contributed by atoms with Gasteiger partial charge in [0.15, 0.2) is 0 Å². The lowest BCUT2D eigenvalue weighted by molar-refractivity contribution is -0.117. The predicted molar refractivity (Wildman–Crippen MR) is 74.6 cm³/mol. The number of nitriles is 2. The van der Waals surface area contributed by atoms with Gasteiger partial charge in [-0.3, -0.25) is 9.69 Å². The lowest BCUT2D eigenvalue weighted by Crippen LogP contribution is -2.35. The van der Waals surface area contributed by atoms with Gasteiger partial charge in [0, 0.05) is 19.0 Å². The Morgan fingerprint density at radius 2 is 2.10 bits per heavy atom. The number of nitrogens with one attached hydrogen (secondary N) is 1. The summed E-state index contributed by atoms with van der Waals surface area (Å²) in [4.78, 5) is 14.1. The van der Waals surface area contributed by atoms with Crippen LogP contribution in [0.15, 0.2) is 24.3 Å². The Morgan fingerprint density at radius 3 is 2.75 bits per heavy atom. The number of carbonyl (C=O) groups excluding carboxylic acids is 1. The number of benzene rings is 1. The van der Waals surface area contributed by atoms with Crippen molar-refractivity contribution in [3.63, 3.8) is 0 Å². The van der Waals surface area contributed by atoms with Crippen molar-refractivity contribution in [2.24, 2.45) is 0 Å². The number of carbonyl (C=O) groups is 1. The molecule has 5 heteroatoms. The van der Waals surface area contributed by atoms with Crippen molar-refractivity contribution in [2.45, 2.75) is 25.3 Å². The fourth-order valence-corrected chi connectivity index (χ4v) is 2.09. The van der Waals surface area contributed by atoms with Gasteiger partial charge in [0.25, 0.3) is 0 Å². The molecular formula is C15H16N4O. The van der Waals surface area contributed by atoms with Crippen LogP contribution >= 0.6 is 0 Å². The topological polar surface area (TPSA) is 79.9 Å². The van der Waals surface area contributed by atoms with E-state index in [0.29, 0.717) is 30.3 Å². The molecule has 0 bridgehead atoms. The maximum Gasteiger partial charge on any atom is 0.238 e. The largest absolute Gasteiger partial charge is 0.324 e.